The Balaban J connectivity index is 1.57. The fourth-order valence-electron chi connectivity index (χ4n) is 3.25. The van der Waals surface area contributed by atoms with Crippen molar-refractivity contribution in [3.05, 3.63) is 42.0 Å². The molecule has 1 aliphatic heterocycles. The van der Waals surface area contributed by atoms with E-state index < -0.39 is 11.7 Å². The molecule has 8 heteroatoms. The average molecular weight is 365 g/mol. The van der Waals surface area contributed by atoms with Crippen LogP contribution in [0.5, 0.6) is 0 Å². The van der Waals surface area contributed by atoms with Crippen LogP contribution in [-0.4, -0.2) is 41.6 Å². The summed E-state index contributed by atoms with van der Waals surface area (Å²) in [6, 6.07) is 4.02. The Kier molecular flexibility index (Phi) is 5.29. The van der Waals surface area contributed by atoms with Gasteiger partial charge in [-0.2, -0.15) is 13.2 Å². The zero-order chi connectivity index (χ0) is 18.7. The SMILES string of the molecule is Cc1nccc(N2CCC(CN(C)c3cc(C(F)(F)F)ccn3)CC2)n1. The van der Waals surface area contributed by atoms with E-state index in [2.05, 4.69) is 19.9 Å². The molecule has 5 nitrogen and oxygen atoms in total. The largest absolute Gasteiger partial charge is 0.416 e. The number of anilines is 2. The monoisotopic (exact) mass is 365 g/mol. The van der Waals surface area contributed by atoms with Crippen LogP contribution in [0, 0.1) is 12.8 Å². The van der Waals surface area contributed by atoms with Crippen molar-refractivity contribution in [1.29, 1.82) is 0 Å². The van der Waals surface area contributed by atoms with Crippen LogP contribution in [0.4, 0.5) is 24.8 Å². The van der Waals surface area contributed by atoms with Crippen LogP contribution >= 0.6 is 0 Å². The van der Waals surface area contributed by atoms with Crippen molar-refractivity contribution in [3.63, 3.8) is 0 Å². The summed E-state index contributed by atoms with van der Waals surface area (Å²) in [5.41, 5.74) is -0.664. The molecule has 2 aromatic heterocycles. The predicted octanol–water partition coefficient (Wildman–Crippen LogP) is 3.55. The Bertz CT molecular complexity index is 742. The molecule has 0 aliphatic carbocycles. The molecule has 0 bridgehead atoms. The van der Waals surface area contributed by atoms with E-state index >= 15 is 0 Å². The van der Waals surface area contributed by atoms with Crippen molar-refractivity contribution in [1.82, 2.24) is 15.0 Å². The first-order valence-electron chi connectivity index (χ1n) is 8.62. The smallest absolute Gasteiger partial charge is 0.359 e. The first-order valence-corrected chi connectivity index (χ1v) is 8.62. The second-order valence-corrected chi connectivity index (χ2v) is 6.67. The molecule has 3 heterocycles. The molecule has 0 spiro atoms. The molecule has 1 aliphatic rings. The van der Waals surface area contributed by atoms with Crippen molar-refractivity contribution < 1.29 is 13.2 Å². The lowest BCUT2D eigenvalue weighted by molar-refractivity contribution is -0.137. The summed E-state index contributed by atoms with van der Waals surface area (Å²) in [6.07, 6.45) is 0.559. The van der Waals surface area contributed by atoms with Gasteiger partial charge in [0.25, 0.3) is 0 Å². The lowest BCUT2D eigenvalue weighted by atomic mass is 9.96. The van der Waals surface area contributed by atoms with Crippen LogP contribution in [0.2, 0.25) is 0 Å². The number of alkyl halides is 3. The summed E-state index contributed by atoms with van der Waals surface area (Å²) in [7, 11) is 1.79. The molecule has 0 N–H and O–H groups in total. The zero-order valence-corrected chi connectivity index (χ0v) is 14.9. The summed E-state index contributed by atoms with van der Waals surface area (Å²) in [5, 5.41) is 0. The van der Waals surface area contributed by atoms with E-state index in [0.717, 1.165) is 49.7 Å². The van der Waals surface area contributed by atoms with Gasteiger partial charge in [-0.25, -0.2) is 15.0 Å². The average Bonchev–Trinajstić information content (AvgIpc) is 2.62. The fourth-order valence-corrected chi connectivity index (χ4v) is 3.25. The summed E-state index contributed by atoms with van der Waals surface area (Å²) in [4.78, 5) is 16.7. The molecule has 0 unspecified atom stereocenters. The van der Waals surface area contributed by atoms with Gasteiger partial charge in [0, 0.05) is 39.1 Å². The van der Waals surface area contributed by atoms with Crippen molar-refractivity contribution in [3.8, 4) is 0 Å². The van der Waals surface area contributed by atoms with Gasteiger partial charge < -0.3 is 9.80 Å². The topological polar surface area (TPSA) is 45.2 Å². The number of aromatic nitrogens is 3. The molecule has 26 heavy (non-hydrogen) atoms. The highest BCUT2D eigenvalue weighted by atomic mass is 19.4. The second-order valence-electron chi connectivity index (χ2n) is 6.67. The van der Waals surface area contributed by atoms with E-state index in [0.29, 0.717) is 18.3 Å². The number of pyridine rings is 1. The van der Waals surface area contributed by atoms with Gasteiger partial charge in [-0.05, 0) is 43.9 Å². The molecule has 2 aromatic rings. The van der Waals surface area contributed by atoms with Crippen LogP contribution in [0.25, 0.3) is 0 Å². The van der Waals surface area contributed by atoms with E-state index in [4.69, 9.17) is 0 Å². The maximum Gasteiger partial charge on any atom is 0.416 e. The Morgan fingerprint density at radius 3 is 2.50 bits per heavy atom. The minimum Gasteiger partial charge on any atom is -0.359 e. The molecule has 0 saturated carbocycles. The Labute approximate surface area is 150 Å². The highest BCUT2D eigenvalue weighted by Crippen LogP contribution is 2.31. The first kappa shape index (κ1) is 18.4. The van der Waals surface area contributed by atoms with Crippen LogP contribution in [-0.2, 0) is 6.18 Å². The van der Waals surface area contributed by atoms with Crippen molar-refractivity contribution in [2.75, 3.05) is 36.5 Å². The highest BCUT2D eigenvalue weighted by molar-refractivity contribution is 5.41. The van der Waals surface area contributed by atoms with Gasteiger partial charge in [-0.3, -0.25) is 0 Å². The Hall–Kier alpha value is -2.38. The van der Waals surface area contributed by atoms with Gasteiger partial charge in [0.15, 0.2) is 0 Å². The van der Waals surface area contributed by atoms with E-state index in [1.807, 2.05) is 17.9 Å². The Morgan fingerprint density at radius 1 is 1.15 bits per heavy atom. The molecule has 0 aromatic carbocycles. The number of nitrogens with zero attached hydrogens (tertiary/aromatic N) is 5. The van der Waals surface area contributed by atoms with E-state index in [1.165, 1.54) is 6.20 Å². The number of rotatable bonds is 4. The van der Waals surface area contributed by atoms with Crippen molar-refractivity contribution in [2.24, 2.45) is 5.92 Å². The third-order valence-corrected chi connectivity index (χ3v) is 4.70. The van der Waals surface area contributed by atoms with Gasteiger partial charge in [-0.1, -0.05) is 0 Å². The summed E-state index contributed by atoms with van der Waals surface area (Å²) in [6.45, 7) is 4.31. The number of hydrogen-bond donors (Lipinski definition) is 0. The molecule has 1 saturated heterocycles. The first-order chi connectivity index (χ1) is 12.3. The number of piperidine rings is 1. The summed E-state index contributed by atoms with van der Waals surface area (Å²) < 4.78 is 38.6. The van der Waals surface area contributed by atoms with Crippen LogP contribution in [0.1, 0.15) is 24.2 Å². The number of aryl methyl sites for hydroxylation is 1. The molecule has 3 rings (SSSR count). The van der Waals surface area contributed by atoms with E-state index in [1.54, 1.807) is 13.2 Å². The van der Waals surface area contributed by atoms with Gasteiger partial charge >= 0.3 is 6.18 Å². The quantitative estimate of drug-likeness (QED) is 0.829. The molecule has 1 fully saturated rings. The van der Waals surface area contributed by atoms with Crippen molar-refractivity contribution >= 4 is 11.6 Å². The molecule has 0 atom stereocenters. The minimum atomic E-state index is -4.35. The van der Waals surface area contributed by atoms with Gasteiger partial charge in [0.05, 0.1) is 5.56 Å². The van der Waals surface area contributed by atoms with Crippen LogP contribution < -0.4 is 9.80 Å². The van der Waals surface area contributed by atoms with Gasteiger partial charge in [0.1, 0.15) is 17.5 Å². The molecular weight excluding hydrogens is 343 g/mol. The van der Waals surface area contributed by atoms with Crippen molar-refractivity contribution in [2.45, 2.75) is 25.9 Å². The number of halogens is 3. The standard InChI is InChI=1S/C18H22F3N5/c1-13-22-8-4-16(24-13)26-9-5-14(6-10-26)12-25(2)17-11-15(3-7-23-17)18(19,20)21/h3-4,7-8,11,14H,5-6,9-10,12H2,1-2H3. The van der Waals surface area contributed by atoms with Gasteiger partial charge in [0.2, 0.25) is 0 Å². The zero-order valence-electron chi connectivity index (χ0n) is 14.9. The normalized spacial score (nSPS) is 16.0. The van der Waals surface area contributed by atoms with Crippen LogP contribution in [0.3, 0.4) is 0 Å². The maximum atomic E-state index is 12.9. The summed E-state index contributed by atoms with van der Waals surface area (Å²) >= 11 is 0. The lowest BCUT2D eigenvalue weighted by Crippen LogP contribution is -2.38. The highest BCUT2D eigenvalue weighted by Gasteiger charge is 2.31. The molecule has 140 valence electrons. The lowest BCUT2D eigenvalue weighted by Gasteiger charge is -2.34. The third kappa shape index (κ3) is 4.42. The predicted molar refractivity (Wildman–Crippen MR) is 94.2 cm³/mol. The minimum absolute atomic E-state index is 0.355. The van der Waals surface area contributed by atoms with E-state index in [9.17, 15) is 13.2 Å². The summed E-state index contributed by atoms with van der Waals surface area (Å²) in [5.74, 6) is 2.45. The maximum absolute atomic E-state index is 12.9. The third-order valence-electron chi connectivity index (χ3n) is 4.70. The second kappa shape index (κ2) is 7.47. The number of hydrogen-bond acceptors (Lipinski definition) is 5. The molecule has 0 radical (unpaired) electrons. The fraction of sp³-hybridized carbons (Fsp3) is 0.500. The van der Waals surface area contributed by atoms with Crippen LogP contribution in [0.15, 0.2) is 30.6 Å². The van der Waals surface area contributed by atoms with Gasteiger partial charge in [-0.15, -0.1) is 0 Å². The molecule has 0 amide bonds. The molecular formula is C18H22F3N5. The Morgan fingerprint density at radius 2 is 1.85 bits per heavy atom. The van der Waals surface area contributed by atoms with E-state index in [-0.39, 0.29) is 0 Å².